The summed E-state index contributed by atoms with van der Waals surface area (Å²) < 4.78 is 38.9. The number of hydrogen-bond donors (Lipinski definition) is 0. The Labute approximate surface area is 190 Å². The van der Waals surface area contributed by atoms with Gasteiger partial charge in [-0.1, -0.05) is 72.8 Å². The van der Waals surface area contributed by atoms with Crippen LogP contribution in [0.25, 0.3) is 0 Å². The lowest BCUT2D eigenvalue weighted by atomic mass is 9.85. The van der Waals surface area contributed by atoms with Gasteiger partial charge in [0.05, 0.1) is 11.6 Å². The number of ketones is 1. The van der Waals surface area contributed by atoms with E-state index < -0.39 is 17.3 Å². The maximum atomic E-state index is 13.6. The molecule has 4 rings (SSSR count). The van der Waals surface area contributed by atoms with Gasteiger partial charge in [0.25, 0.3) is 0 Å². The summed E-state index contributed by atoms with van der Waals surface area (Å²) >= 11 is 0. The molecule has 0 radical (unpaired) electrons. The molecule has 0 saturated carbocycles. The number of Topliss-reactive ketones (excluding diaryl/α,β-unsaturated/α-hetero) is 1. The molecule has 2 atom stereocenters. The van der Waals surface area contributed by atoms with Crippen molar-refractivity contribution in [3.8, 4) is 0 Å². The summed E-state index contributed by atoms with van der Waals surface area (Å²) in [7, 11) is 0. The van der Waals surface area contributed by atoms with E-state index in [4.69, 9.17) is 0 Å². The molecule has 1 aliphatic heterocycles. The summed E-state index contributed by atoms with van der Waals surface area (Å²) in [5.41, 5.74) is 0.122. The highest BCUT2D eigenvalue weighted by Crippen LogP contribution is 2.41. The molecule has 0 spiro atoms. The van der Waals surface area contributed by atoms with E-state index in [2.05, 4.69) is 0 Å². The van der Waals surface area contributed by atoms with E-state index >= 15 is 0 Å². The Morgan fingerprint density at radius 1 is 0.939 bits per heavy atom. The first-order valence-electron chi connectivity index (χ1n) is 10.8. The van der Waals surface area contributed by atoms with Gasteiger partial charge in [-0.2, -0.15) is 13.2 Å². The van der Waals surface area contributed by atoms with Gasteiger partial charge in [-0.25, -0.2) is 0 Å². The molecular formula is C27H24F3NO2. The Morgan fingerprint density at radius 2 is 1.52 bits per heavy atom. The van der Waals surface area contributed by atoms with Crippen molar-refractivity contribution in [3.05, 3.63) is 107 Å². The number of rotatable bonds is 6. The van der Waals surface area contributed by atoms with E-state index in [9.17, 15) is 22.8 Å². The summed E-state index contributed by atoms with van der Waals surface area (Å²) in [6, 6.07) is 23.1. The minimum atomic E-state index is -4.48. The molecule has 1 amide bonds. The summed E-state index contributed by atoms with van der Waals surface area (Å²) in [5, 5.41) is 0. The van der Waals surface area contributed by atoms with Crippen LogP contribution in [-0.4, -0.2) is 22.1 Å². The fraction of sp³-hybridized carbons (Fsp3) is 0.259. The van der Waals surface area contributed by atoms with Crippen molar-refractivity contribution >= 4 is 11.7 Å². The van der Waals surface area contributed by atoms with Crippen LogP contribution in [0.1, 0.15) is 52.9 Å². The normalized spacial score (nSPS) is 19.5. The zero-order valence-electron chi connectivity index (χ0n) is 18.2. The standard InChI is InChI=1S/C27H24F3NO2/c1-26(25(33)21-12-14-22(15-13-21)27(28,29)30)17-16-24(32)31(26)23(20-10-6-3-7-11-20)18-19-8-4-2-5-9-19/h2-15,23H,16-18H2,1H3. The Morgan fingerprint density at radius 3 is 2.09 bits per heavy atom. The monoisotopic (exact) mass is 451 g/mol. The Balaban J connectivity index is 1.72. The first-order valence-corrected chi connectivity index (χ1v) is 10.8. The molecule has 0 bridgehead atoms. The van der Waals surface area contributed by atoms with Crippen LogP contribution < -0.4 is 0 Å². The molecule has 0 aromatic heterocycles. The van der Waals surface area contributed by atoms with E-state index in [1.807, 2.05) is 60.7 Å². The van der Waals surface area contributed by atoms with Crippen molar-refractivity contribution in [1.82, 2.24) is 4.90 Å². The zero-order chi connectivity index (χ0) is 23.6. The van der Waals surface area contributed by atoms with Crippen LogP contribution in [0.3, 0.4) is 0 Å². The minimum absolute atomic E-state index is 0.137. The number of alkyl halides is 3. The lowest BCUT2D eigenvalue weighted by molar-refractivity contribution is -0.137. The van der Waals surface area contributed by atoms with Gasteiger partial charge in [-0.05, 0) is 43.0 Å². The van der Waals surface area contributed by atoms with Crippen LogP contribution in [0, 0.1) is 0 Å². The molecule has 1 saturated heterocycles. The van der Waals surface area contributed by atoms with Crippen molar-refractivity contribution in [2.75, 3.05) is 0 Å². The molecule has 6 heteroatoms. The smallest absolute Gasteiger partial charge is 0.322 e. The second-order valence-electron chi connectivity index (χ2n) is 8.56. The molecule has 1 heterocycles. The van der Waals surface area contributed by atoms with Gasteiger partial charge >= 0.3 is 6.18 Å². The second kappa shape index (κ2) is 8.85. The van der Waals surface area contributed by atoms with Gasteiger partial charge in [-0.3, -0.25) is 9.59 Å². The third kappa shape index (κ3) is 4.56. The quantitative estimate of drug-likeness (QED) is 0.415. The maximum absolute atomic E-state index is 13.6. The molecule has 170 valence electrons. The van der Waals surface area contributed by atoms with Crippen LogP contribution in [0.2, 0.25) is 0 Å². The topological polar surface area (TPSA) is 37.4 Å². The number of amides is 1. The highest BCUT2D eigenvalue weighted by atomic mass is 19.4. The van der Waals surface area contributed by atoms with E-state index in [0.717, 1.165) is 23.3 Å². The van der Waals surface area contributed by atoms with E-state index in [-0.39, 0.29) is 29.7 Å². The first-order chi connectivity index (χ1) is 15.7. The number of carbonyl (C=O) groups is 2. The van der Waals surface area contributed by atoms with Crippen LogP contribution in [0.4, 0.5) is 13.2 Å². The van der Waals surface area contributed by atoms with E-state index in [1.165, 1.54) is 12.1 Å². The molecule has 33 heavy (non-hydrogen) atoms. The maximum Gasteiger partial charge on any atom is 0.416 e. The fourth-order valence-electron chi connectivity index (χ4n) is 4.60. The number of hydrogen-bond acceptors (Lipinski definition) is 2. The third-order valence-electron chi connectivity index (χ3n) is 6.36. The molecule has 2 unspecified atom stereocenters. The number of carbonyl (C=O) groups excluding carboxylic acids is 2. The van der Waals surface area contributed by atoms with Gasteiger partial charge in [-0.15, -0.1) is 0 Å². The molecule has 3 aromatic carbocycles. The lowest BCUT2D eigenvalue weighted by Gasteiger charge is -2.40. The van der Waals surface area contributed by atoms with Gasteiger partial charge in [0.15, 0.2) is 5.78 Å². The average Bonchev–Trinajstić information content (AvgIpc) is 3.13. The number of likely N-dealkylation sites (tertiary alicyclic amines) is 1. The van der Waals surface area contributed by atoms with Crippen molar-refractivity contribution in [2.24, 2.45) is 0 Å². The lowest BCUT2D eigenvalue weighted by Crippen LogP contribution is -2.51. The minimum Gasteiger partial charge on any atom is -0.322 e. The predicted octanol–water partition coefficient (Wildman–Crippen LogP) is 6.25. The van der Waals surface area contributed by atoms with Crippen LogP contribution in [0.5, 0.6) is 0 Å². The second-order valence-corrected chi connectivity index (χ2v) is 8.56. The number of nitrogens with zero attached hydrogens (tertiary/aromatic N) is 1. The van der Waals surface area contributed by atoms with E-state index in [0.29, 0.717) is 12.8 Å². The summed E-state index contributed by atoms with van der Waals surface area (Å²) in [6.07, 6.45) is -3.44. The van der Waals surface area contributed by atoms with Crippen molar-refractivity contribution in [3.63, 3.8) is 0 Å². The van der Waals surface area contributed by atoms with Crippen molar-refractivity contribution in [1.29, 1.82) is 0 Å². The Bertz CT molecular complexity index is 1130. The van der Waals surface area contributed by atoms with Crippen molar-refractivity contribution in [2.45, 2.75) is 43.9 Å². The molecular weight excluding hydrogens is 427 g/mol. The van der Waals surface area contributed by atoms with Gasteiger partial charge in [0, 0.05) is 12.0 Å². The highest BCUT2D eigenvalue weighted by molar-refractivity contribution is 6.06. The highest BCUT2D eigenvalue weighted by Gasteiger charge is 2.50. The van der Waals surface area contributed by atoms with Crippen LogP contribution in [0.15, 0.2) is 84.9 Å². The molecule has 3 nitrogen and oxygen atoms in total. The van der Waals surface area contributed by atoms with Crippen LogP contribution >= 0.6 is 0 Å². The zero-order valence-corrected chi connectivity index (χ0v) is 18.2. The third-order valence-corrected chi connectivity index (χ3v) is 6.36. The molecule has 1 fully saturated rings. The molecule has 0 aliphatic carbocycles. The largest absolute Gasteiger partial charge is 0.416 e. The van der Waals surface area contributed by atoms with Crippen LogP contribution in [-0.2, 0) is 17.4 Å². The SMILES string of the molecule is CC1(C(=O)c2ccc(C(F)(F)F)cc2)CCC(=O)N1C(Cc1ccccc1)c1ccccc1. The van der Waals surface area contributed by atoms with Gasteiger partial charge in [0.1, 0.15) is 5.54 Å². The van der Waals surface area contributed by atoms with Crippen molar-refractivity contribution < 1.29 is 22.8 Å². The Hall–Kier alpha value is -3.41. The van der Waals surface area contributed by atoms with Gasteiger partial charge < -0.3 is 4.90 Å². The van der Waals surface area contributed by atoms with E-state index in [1.54, 1.807) is 11.8 Å². The summed E-state index contributed by atoms with van der Waals surface area (Å²) in [6.45, 7) is 1.72. The fourth-order valence-corrected chi connectivity index (χ4v) is 4.60. The average molecular weight is 451 g/mol. The first kappa shape index (κ1) is 22.8. The molecule has 0 N–H and O–H groups in total. The Kier molecular flexibility index (Phi) is 6.11. The summed E-state index contributed by atoms with van der Waals surface area (Å²) in [5.74, 6) is -0.487. The molecule has 3 aromatic rings. The molecule has 1 aliphatic rings. The predicted molar refractivity (Wildman–Crippen MR) is 120 cm³/mol. The van der Waals surface area contributed by atoms with Gasteiger partial charge in [0.2, 0.25) is 5.91 Å². The number of halogens is 3. The summed E-state index contributed by atoms with van der Waals surface area (Å²) in [4.78, 5) is 28.4. The number of benzene rings is 3.